The molecule has 0 unspecified atom stereocenters. The van der Waals surface area contributed by atoms with Crippen molar-refractivity contribution in [2.24, 2.45) is 0 Å². The predicted molar refractivity (Wildman–Crippen MR) is 101 cm³/mol. The zero-order chi connectivity index (χ0) is 18.2. The number of anilines is 2. The molecule has 5 nitrogen and oxygen atoms in total. The minimum atomic E-state index is -0.342. The number of nitrogens with one attached hydrogen (secondary N) is 1. The molecule has 0 aliphatic rings. The van der Waals surface area contributed by atoms with Crippen molar-refractivity contribution in [3.05, 3.63) is 44.6 Å². The molecule has 0 bridgehead atoms. The summed E-state index contributed by atoms with van der Waals surface area (Å²) in [6.07, 6.45) is 0.135. The summed E-state index contributed by atoms with van der Waals surface area (Å²) in [4.78, 5) is 12.0. The first-order valence-electron chi connectivity index (χ1n) is 7.96. The fourth-order valence-corrected chi connectivity index (χ4v) is 3.28. The minimum Gasteiger partial charge on any atom is -0.463 e. The number of benzene rings is 1. The first kappa shape index (κ1) is 19.7. The average molecular weight is 384 g/mol. The highest BCUT2D eigenvalue weighted by Crippen LogP contribution is 2.36. The van der Waals surface area contributed by atoms with Crippen molar-refractivity contribution in [1.29, 1.82) is 0 Å². The third-order valence-electron chi connectivity index (χ3n) is 3.75. The predicted octanol–water partition coefficient (Wildman–Crippen LogP) is 3.86. The van der Waals surface area contributed by atoms with E-state index in [9.17, 15) is 4.79 Å². The number of hydrogen-bond donors (Lipinski definition) is 2. The van der Waals surface area contributed by atoms with Crippen molar-refractivity contribution in [2.75, 3.05) is 31.7 Å². The Balaban J connectivity index is 1.99. The summed E-state index contributed by atoms with van der Waals surface area (Å²) >= 11 is 7.67. The van der Waals surface area contributed by atoms with Crippen molar-refractivity contribution in [1.82, 2.24) is 0 Å². The maximum Gasteiger partial charge on any atom is 0.310 e. The first-order valence-corrected chi connectivity index (χ1v) is 9.22. The van der Waals surface area contributed by atoms with Crippen molar-refractivity contribution >= 4 is 40.3 Å². The zero-order valence-electron chi connectivity index (χ0n) is 14.3. The lowest BCUT2D eigenvalue weighted by molar-refractivity contribution is -0.144. The van der Waals surface area contributed by atoms with Gasteiger partial charge < -0.3 is 19.9 Å². The van der Waals surface area contributed by atoms with Crippen molar-refractivity contribution < 1.29 is 19.4 Å². The van der Waals surface area contributed by atoms with Crippen LogP contribution in [0.15, 0.2) is 23.6 Å². The van der Waals surface area contributed by atoms with Crippen LogP contribution in [0.25, 0.3) is 0 Å². The lowest BCUT2D eigenvalue weighted by Gasteiger charge is -2.13. The second kappa shape index (κ2) is 9.77. The second-order valence-electron chi connectivity index (χ2n) is 5.52. The molecule has 1 aromatic heterocycles. The van der Waals surface area contributed by atoms with E-state index in [1.54, 1.807) is 0 Å². The van der Waals surface area contributed by atoms with E-state index in [4.69, 9.17) is 26.2 Å². The second-order valence-corrected chi connectivity index (χ2v) is 7.00. The highest BCUT2D eigenvalue weighted by Gasteiger charge is 2.15. The lowest BCUT2D eigenvalue weighted by atomic mass is 10.1. The van der Waals surface area contributed by atoms with Gasteiger partial charge in [-0.15, -0.1) is 11.3 Å². The Morgan fingerprint density at radius 1 is 1.28 bits per heavy atom. The number of ether oxygens (including phenoxy) is 2. The molecule has 0 radical (unpaired) electrons. The van der Waals surface area contributed by atoms with Gasteiger partial charge in [-0.25, -0.2) is 0 Å². The van der Waals surface area contributed by atoms with Gasteiger partial charge in [-0.2, -0.15) is 0 Å². The number of carbonyl (C=O) groups is 1. The van der Waals surface area contributed by atoms with Gasteiger partial charge in [0.05, 0.1) is 31.9 Å². The van der Waals surface area contributed by atoms with Crippen LogP contribution in [0.2, 0.25) is 4.34 Å². The average Bonchev–Trinajstić information content (AvgIpc) is 2.92. The molecule has 0 atom stereocenters. The zero-order valence-corrected chi connectivity index (χ0v) is 15.9. The van der Waals surface area contributed by atoms with Crippen LogP contribution in [-0.2, 0) is 20.7 Å². The molecule has 1 aromatic carbocycles. The van der Waals surface area contributed by atoms with E-state index in [1.165, 1.54) is 16.9 Å². The number of rotatable bonds is 9. The van der Waals surface area contributed by atoms with Crippen molar-refractivity contribution in [2.45, 2.75) is 20.3 Å². The molecule has 0 aliphatic heterocycles. The number of halogens is 1. The summed E-state index contributed by atoms with van der Waals surface area (Å²) in [5.74, 6) is -0.342. The Morgan fingerprint density at radius 2 is 2.08 bits per heavy atom. The first-order chi connectivity index (χ1) is 12.0. The molecule has 25 heavy (non-hydrogen) atoms. The SMILES string of the molecule is Cc1cccc(Nc2c(CC(=O)OCCOCCO)csc2Cl)c1C. The van der Waals surface area contributed by atoms with E-state index in [0.717, 1.165) is 22.5 Å². The Kier molecular flexibility index (Phi) is 7.71. The van der Waals surface area contributed by atoms with Crippen LogP contribution in [0, 0.1) is 13.8 Å². The minimum absolute atomic E-state index is 0.0469. The van der Waals surface area contributed by atoms with Crippen LogP contribution in [0.5, 0.6) is 0 Å². The Bertz CT molecular complexity index is 717. The third-order valence-corrected chi connectivity index (χ3v) is 5.02. The standard InChI is InChI=1S/C18H22ClNO4S/c1-12-4-3-5-15(13(12)2)20-17-14(11-25-18(17)19)10-16(22)24-9-8-23-7-6-21/h3-5,11,20-21H,6-10H2,1-2H3. The summed E-state index contributed by atoms with van der Waals surface area (Å²) < 4.78 is 10.8. The molecule has 0 saturated heterocycles. The highest BCUT2D eigenvalue weighted by atomic mass is 35.5. The van der Waals surface area contributed by atoms with Crippen LogP contribution in [-0.4, -0.2) is 37.5 Å². The van der Waals surface area contributed by atoms with Crippen molar-refractivity contribution in [3.8, 4) is 0 Å². The maximum atomic E-state index is 12.0. The molecular formula is C18H22ClNO4S. The van der Waals surface area contributed by atoms with Crippen LogP contribution in [0.3, 0.4) is 0 Å². The fourth-order valence-electron chi connectivity index (χ4n) is 2.24. The number of hydrogen-bond acceptors (Lipinski definition) is 6. The van der Waals surface area contributed by atoms with Gasteiger partial charge in [0.1, 0.15) is 10.9 Å². The van der Waals surface area contributed by atoms with Gasteiger partial charge in [-0.1, -0.05) is 23.7 Å². The molecule has 0 fully saturated rings. The van der Waals surface area contributed by atoms with Crippen molar-refractivity contribution in [3.63, 3.8) is 0 Å². The van der Waals surface area contributed by atoms with Gasteiger partial charge in [-0.05, 0) is 42.0 Å². The topological polar surface area (TPSA) is 67.8 Å². The quantitative estimate of drug-likeness (QED) is 0.508. The fraction of sp³-hybridized carbons (Fsp3) is 0.389. The lowest BCUT2D eigenvalue weighted by Crippen LogP contribution is -2.14. The Morgan fingerprint density at radius 3 is 2.84 bits per heavy atom. The van der Waals surface area contributed by atoms with Gasteiger partial charge in [0.2, 0.25) is 0 Å². The molecule has 0 amide bonds. The Hall–Kier alpha value is -1.60. The number of carbonyl (C=O) groups excluding carboxylic acids is 1. The highest BCUT2D eigenvalue weighted by molar-refractivity contribution is 7.15. The molecule has 0 spiro atoms. The van der Waals surface area contributed by atoms with Crippen LogP contribution in [0.1, 0.15) is 16.7 Å². The molecular weight excluding hydrogens is 362 g/mol. The molecule has 2 N–H and O–H groups in total. The van der Waals surface area contributed by atoms with Gasteiger partial charge >= 0.3 is 5.97 Å². The molecule has 2 rings (SSSR count). The molecule has 1 heterocycles. The summed E-state index contributed by atoms with van der Waals surface area (Å²) in [6, 6.07) is 6.01. The number of esters is 1. The number of aryl methyl sites for hydroxylation is 1. The number of thiophene rings is 1. The van der Waals surface area contributed by atoms with Gasteiger partial charge in [-0.3, -0.25) is 4.79 Å². The Labute approximate surface area is 156 Å². The van der Waals surface area contributed by atoms with Crippen LogP contribution < -0.4 is 5.32 Å². The summed E-state index contributed by atoms with van der Waals surface area (Å²) in [7, 11) is 0. The largest absolute Gasteiger partial charge is 0.463 e. The number of aliphatic hydroxyl groups excluding tert-OH is 1. The van der Waals surface area contributed by atoms with E-state index in [2.05, 4.69) is 5.32 Å². The monoisotopic (exact) mass is 383 g/mol. The third kappa shape index (κ3) is 5.71. The summed E-state index contributed by atoms with van der Waals surface area (Å²) in [6.45, 7) is 4.71. The normalized spacial score (nSPS) is 10.7. The molecule has 7 heteroatoms. The maximum absolute atomic E-state index is 12.0. The van der Waals surface area contributed by atoms with Gasteiger partial charge in [0.25, 0.3) is 0 Å². The molecule has 0 saturated carbocycles. The van der Waals surface area contributed by atoms with E-state index >= 15 is 0 Å². The smallest absolute Gasteiger partial charge is 0.310 e. The molecule has 2 aromatic rings. The summed E-state index contributed by atoms with van der Waals surface area (Å²) in [5, 5.41) is 13.8. The van der Waals surface area contributed by atoms with E-state index in [-0.39, 0.29) is 38.8 Å². The van der Waals surface area contributed by atoms with E-state index in [0.29, 0.717) is 4.34 Å². The van der Waals surface area contributed by atoms with Gasteiger partial charge in [0.15, 0.2) is 0 Å². The molecule has 0 aliphatic carbocycles. The van der Waals surface area contributed by atoms with E-state index in [1.807, 2.05) is 37.4 Å². The van der Waals surface area contributed by atoms with Crippen LogP contribution in [0.4, 0.5) is 11.4 Å². The van der Waals surface area contributed by atoms with Crippen LogP contribution >= 0.6 is 22.9 Å². The van der Waals surface area contributed by atoms with Gasteiger partial charge in [0, 0.05) is 5.69 Å². The van der Waals surface area contributed by atoms with E-state index < -0.39 is 0 Å². The number of aliphatic hydroxyl groups is 1. The summed E-state index contributed by atoms with van der Waals surface area (Å²) in [5.41, 5.74) is 4.83. The molecule has 136 valence electrons.